The van der Waals surface area contributed by atoms with Crippen LogP contribution in [0.4, 0.5) is 4.39 Å². The minimum atomic E-state index is -0.644. The first-order valence-corrected chi connectivity index (χ1v) is 8.96. The van der Waals surface area contributed by atoms with Gasteiger partial charge in [0.1, 0.15) is 23.7 Å². The van der Waals surface area contributed by atoms with Crippen LogP contribution in [-0.2, 0) is 16.1 Å². The molecular formula is C22H24FNO4. The molecule has 2 rings (SSSR count). The van der Waals surface area contributed by atoms with Crippen LogP contribution in [0.3, 0.4) is 0 Å². The Morgan fingerprint density at radius 3 is 2.43 bits per heavy atom. The Morgan fingerprint density at radius 2 is 1.79 bits per heavy atom. The molecule has 1 amide bonds. The van der Waals surface area contributed by atoms with Crippen LogP contribution in [0.1, 0.15) is 29.8 Å². The normalized spacial score (nSPS) is 10.2. The molecule has 0 radical (unpaired) electrons. The van der Waals surface area contributed by atoms with Gasteiger partial charge in [-0.25, -0.2) is 9.18 Å². The predicted octanol–water partition coefficient (Wildman–Crippen LogP) is 3.99. The average molecular weight is 385 g/mol. The van der Waals surface area contributed by atoms with E-state index in [9.17, 15) is 14.0 Å². The lowest BCUT2D eigenvalue weighted by Crippen LogP contribution is -2.35. The van der Waals surface area contributed by atoms with E-state index in [0.29, 0.717) is 18.8 Å². The number of esters is 1. The quantitative estimate of drug-likeness (QED) is 0.484. The van der Waals surface area contributed by atoms with Crippen LogP contribution < -0.4 is 4.74 Å². The zero-order valence-corrected chi connectivity index (χ0v) is 16.1. The first kappa shape index (κ1) is 21.2. The van der Waals surface area contributed by atoms with Crippen molar-refractivity contribution in [3.8, 4) is 5.75 Å². The zero-order chi connectivity index (χ0) is 20.5. The van der Waals surface area contributed by atoms with Gasteiger partial charge in [-0.2, -0.15) is 0 Å². The number of nitrogens with zero attached hydrogens (tertiary/aromatic N) is 1. The van der Waals surface area contributed by atoms with Crippen LogP contribution in [0.15, 0.2) is 60.7 Å². The van der Waals surface area contributed by atoms with Crippen molar-refractivity contribution in [2.24, 2.45) is 0 Å². The Morgan fingerprint density at radius 1 is 1.11 bits per heavy atom. The number of para-hydroxylation sites is 1. The molecule has 0 aromatic heterocycles. The van der Waals surface area contributed by atoms with Crippen LogP contribution in [0.2, 0.25) is 0 Å². The lowest BCUT2D eigenvalue weighted by Gasteiger charge is -2.20. The van der Waals surface area contributed by atoms with Crippen LogP contribution >= 0.6 is 0 Å². The fourth-order valence-electron chi connectivity index (χ4n) is 2.50. The van der Waals surface area contributed by atoms with Gasteiger partial charge in [-0.1, -0.05) is 36.4 Å². The Hall–Kier alpha value is -3.15. The second-order valence-corrected chi connectivity index (χ2v) is 6.35. The number of benzene rings is 2. The van der Waals surface area contributed by atoms with Crippen molar-refractivity contribution in [3.63, 3.8) is 0 Å². The van der Waals surface area contributed by atoms with Crippen molar-refractivity contribution in [2.75, 3.05) is 19.7 Å². The molecule has 0 aliphatic carbocycles. The van der Waals surface area contributed by atoms with Crippen LogP contribution in [0.25, 0.3) is 0 Å². The van der Waals surface area contributed by atoms with E-state index < -0.39 is 5.97 Å². The molecule has 2 aromatic carbocycles. The maximum absolute atomic E-state index is 13.0. The first-order chi connectivity index (χ1) is 13.4. The van der Waals surface area contributed by atoms with Crippen molar-refractivity contribution in [1.29, 1.82) is 0 Å². The second kappa shape index (κ2) is 10.3. The maximum Gasteiger partial charge on any atom is 0.342 e. The first-order valence-electron chi connectivity index (χ1n) is 8.96. The fraction of sp³-hybridized carbons (Fsp3) is 0.273. The highest BCUT2D eigenvalue weighted by atomic mass is 19.1. The summed E-state index contributed by atoms with van der Waals surface area (Å²) in [5.74, 6) is -0.929. The minimum absolute atomic E-state index is 0.172. The topological polar surface area (TPSA) is 55.8 Å². The summed E-state index contributed by atoms with van der Waals surface area (Å²) in [7, 11) is 0. The molecule has 0 aliphatic heterocycles. The van der Waals surface area contributed by atoms with Crippen LogP contribution in [-0.4, -0.2) is 36.5 Å². The van der Waals surface area contributed by atoms with Gasteiger partial charge in [-0.3, -0.25) is 4.79 Å². The molecule has 28 heavy (non-hydrogen) atoms. The predicted molar refractivity (Wildman–Crippen MR) is 105 cm³/mol. The standard InChI is InChI=1S/C22H24FNO4/c1-4-24(13-16(2)3)21(25)15-28-22(26)19-7-5-6-8-20(19)27-14-17-9-11-18(23)12-10-17/h5-12H,2,4,13-15H2,1,3H3. The monoisotopic (exact) mass is 385 g/mol. The van der Waals surface area contributed by atoms with Gasteiger partial charge in [0.25, 0.3) is 5.91 Å². The van der Waals surface area contributed by atoms with Gasteiger partial charge in [-0.05, 0) is 43.7 Å². The smallest absolute Gasteiger partial charge is 0.342 e. The Bertz CT molecular complexity index is 833. The van der Waals surface area contributed by atoms with E-state index in [2.05, 4.69) is 6.58 Å². The number of likely N-dealkylation sites (N-methyl/N-ethyl adjacent to an activating group) is 1. The van der Waals surface area contributed by atoms with E-state index in [4.69, 9.17) is 9.47 Å². The molecule has 0 N–H and O–H groups in total. The molecule has 5 nitrogen and oxygen atoms in total. The largest absolute Gasteiger partial charge is 0.488 e. The Balaban J connectivity index is 1.98. The Kier molecular flexibility index (Phi) is 7.75. The number of amides is 1. The number of carbonyl (C=O) groups is 2. The molecule has 0 aliphatic rings. The molecule has 148 valence electrons. The summed E-state index contributed by atoms with van der Waals surface area (Å²) in [6.07, 6.45) is 0. The summed E-state index contributed by atoms with van der Waals surface area (Å²) in [4.78, 5) is 26.2. The summed E-state index contributed by atoms with van der Waals surface area (Å²) in [6, 6.07) is 12.5. The highest BCUT2D eigenvalue weighted by Gasteiger charge is 2.18. The van der Waals surface area contributed by atoms with Crippen LogP contribution in [0.5, 0.6) is 5.75 Å². The molecular weight excluding hydrogens is 361 g/mol. The number of hydrogen-bond acceptors (Lipinski definition) is 4. The Labute approximate surface area is 164 Å². The van der Waals surface area contributed by atoms with Gasteiger partial charge in [0, 0.05) is 13.1 Å². The molecule has 0 bridgehead atoms. The number of carbonyl (C=O) groups excluding carboxylic acids is 2. The molecule has 0 unspecified atom stereocenters. The maximum atomic E-state index is 13.0. The van der Waals surface area contributed by atoms with E-state index in [0.717, 1.165) is 11.1 Å². The fourth-order valence-corrected chi connectivity index (χ4v) is 2.50. The molecule has 0 saturated heterocycles. The molecule has 6 heteroatoms. The molecule has 0 spiro atoms. The van der Waals surface area contributed by atoms with Gasteiger partial charge in [0.05, 0.1) is 0 Å². The zero-order valence-electron chi connectivity index (χ0n) is 16.1. The molecule has 2 aromatic rings. The molecule has 0 fully saturated rings. The van der Waals surface area contributed by atoms with Crippen molar-refractivity contribution in [1.82, 2.24) is 4.90 Å². The average Bonchev–Trinajstić information content (AvgIpc) is 2.69. The number of halogens is 1. The summed E-state index contributed by atoms with van der Waals surface area (Å²) in [6.45, 7) is 8.21. The van der Waals surface area contributed by atoms with E-state index in [-0.39, 0.29) is 30.5 Å². The van der Waals surface area contributed by atoms with Gasteiger partial charge in [0.2, 0.25) is 0 Å². The van der Waals surface area contributed by atoms with Gasteiger partial charge < -0.3 is 14.4 Å². The third-order valence-corrected chi connectivity index (χ3v) is 3.94. The third-order valence-electron chi connectivity index (χ3n) is 3.94. The number of hydrogen-bond donors (Lipinski definition) is 0. The number of ether oxygens (including phenoxy) is 2. The lowest BCUT2D eigenvalue weighted by molar-refractivity contribution is -0.133. The van der Waals surface area contributed by atoms with E-state index in [1.54, 1.807) is 41.3 Å². The molecule has 0 heterocycles. The van der Waals surface area contributed by atoms with Crippen LogP contribution in [0, 0.1) is 5.82 Å². The van der Waals surface area contributed by atoms with Gasteiger partial charge >= 0.3 is 5.97 Å². The summed E-state index contributed by atoms with van der Waals surface area (Å²) in [5, 5.41) is 0. The summed E-state index contributed by atoms with van der Waals surface area (Å²) < 4.78 is 23.8. The van der Waals surface area contributed by atoms with Gasteiger partial charge in [-0.15, -0.1) is 0 Å². The SMILES string of the molecule is C=C(C)CN(CC)C(=O)COC(=O)c1ccccc1OCc1ccc(F)cc1. The second-order valence-electron chi connectivity index (χ2n) is 6.35. The highest BCUT2D eigenvalue weighted by Crippen LogP contribution is 2.20. The molecule has 0 saturated carbocycles. The molecule has 0 atom stereocenters. The van der Waals surface area contributed by atoms with Crippen molar-refractivity contribution >= 4 is 11.9 Å². The number of rotatable bonds is 9. The van der Waals surface area contributed by atoms with Crippen molar-refractivity contribution in [3.05, 3.63) is 77.6 Å². The van der Waals surface area contributed by atoms with Crippen molar-refractivity contribution in [2.45, 2.75) is 20.5 Å². The summed E-state index contributed by atoms with van der Waals surface area (Å²) in [5.41, 5.74) is 1.83. The van der Waals surface area contributed by atoms with E-state index >= 15 is 0 Å². The highest BCUT2D eigenvalue weighted by molar-refractivity contribution is 5.94. The van der Waals surface area contributed by atoms with Crippen molar-refractivity contribution < 1.29 is 23.5 Å². The van der Waals surface area contributed by atoms with E-state index in [1.165, 1.54) is 12.1 Å². The minimum Gasteiger partial charge on any atom is -0.488 e. The third kappa shape index (κ3) is 6.23. The van der Waals surface area contributed by atoms with Gasteiger partial charge in [0.15, 0.2) is 6.61 Å². The van der Waals surface area contributed by atoms with E-state index in [1.807, 2.05) is 13.8 Å². The summed E-state index contributed by atoms with van der Waals surface area (Å²) >= 11 is 0. The lowest BCUT2D eigenvalue weighted by atomic mass is 10.2.